The van der Waals surface area contributed by atoms with E-state index in [1.807, 2.05) is 0 Å². The average Bonchev–Trinajstić information content (AvgIpc) is 3.19. The van der Waals surface area contributed by atoms with E-state index in [2.05, 4.69) is 46.1 Å². The molecule has 1 fully saturated rings. The van der Waals surface area contributed by atoms with Crippen LogP contribution in [0.2, 0.25) is 0 Å². The van der Waals surface area contributed by atoms with Crippen LogP contribution < -0.4 is 5.32 Å². The highest BCUT2D eigenvalue weighted by Crippen LogP contribution is 2.20. The summed E-state index contributed by atoms with van der Waals surface area (Å²) in [5.74, 6) is -0.598. The van der Waals surface area contributed by atoms with Crippen molar-refractivity contribution in [1.82, 2.24) is 10.2 Å². The van der Waals surface area contributed by atoms with Gasteiger partial charge in [0.2, 0.25) is 0 Å². The lowest BCUT2D eigenvalue weighted by atomic mass is 10.0. The maximum atomic E-state index is 12.2. The Kier molecular flexibility index (Phi) is 6.63. The van der Waals surface area contributed by atoms with Crippen molar-refractivity contribution < 1.29 is 14.3 Å². The number of methoxy groups -OCH3 is 1. The molecule has 2 aromatic rings. The Morgan fingerprint density at radius 3 is 2.52 bits per heavy atom. The molecule has 1 amide bonds. The van der Waals surface area contributed by atoms with Crippen molar-refractivity contribution in [3.63, 3.8) is 0 Å². The zero-order chi connectivity index (χ0) is 19.2. The van der Waals surface area contributed by atoms with Gasteiger partial charge in [-0.15, -0.1) is 11.3 Å². The average molecular weight is 387 g/mol. The van der Waals surface area contributed by atoms with Crippen LogP contribution in [0.1, 0.15) is 56.7 Å². The summed E-state index contributed by atoms with van der Waals surface area (Å²) in [6.07, 6.45) is 3.90. The van der Waals surface area contributed by atoms with E-state index < -0.39 is 5.97 Å². The summed E-state index contributed by atoms with van der Waals surface area (Å²) in [4.78, 5) is 27.2. The number of ether oxygens (including phenoxy) is 1. The van der Waals surface area contributed by atoms with Crippen molar-refractivity contribution in [2.45, 2.75) is 45.3 Å². The first kappa shape index (κ1) is 19.6. The van der Waals surface area contributed by atoms with Crippen LogP contribution in [0.15, 0.2) is 36.4 Å². The van der Waals surface area contributed by atoms with Crippen LogP contribution in [0.5, 0.6) is 0 Å². The fraction of sp³-hybridized carbons (Fsp3) is 0.429. The summed E-state index contributed by atoms with van der Waals surface area (Å²) in [6.45, 7) is 4.93. The largest absolute Gasteiger partial charge is 0.465 e. The van der Waals surface area contributed by atoms with Crippen molar-refractivity contribution in [2.75, 3.05) is 13.7 Å². The Morgan fingerprint density at radius 1 is 1.11 bits per heavy atom. The second-order valence-corrected chi connectivity index (χ2v) is 8.05. The molecule has 0 bridgehead atoms. The zero-order valence-corrected chi connectivity index (χ0v) is 16.7. The highest BCUT2D eigenvalue weighted by molar-refractivity contribution is 7.15. The van der Waals surface area contributed by atoms with Gasteiger partial charge in [0, 0.05) is 19.1 Å². The third-order valence-electron chi connectivity index (χ3n) is 5.02. The maximum absolute atomic E-state index is 12.2. The molecule has 6 heteroatoms. The molecule has 0 radical (unpaired) electrons. The van der Waals surface area contributed by atoms with E-state index in [0.717, 1.165) is 23.4 Å². The van der Waals surface area contributed by atoms with E-state index in [-0.39, 0.29) is 5.91 Å². The number of esters is 1. The number of amides is 1. The predicted octanol–water partition coefficient (Wildman–Crippen LogP) is 3.84. The van der Waals surface area contributed by atoms with Gasteiger partial charge in [-0.2, -0.15) is 0 Å². The number of hydrogen-bond acceptors (Lipinski definition) is 5. The van der Waals surface area contributed by atoms with Gasteiger partial charge in [0.1, 0.15) is 4.88 Å². The smallest absolute Gasteiger partial charge is 0.348 e. The van der Waals surface area contributed by atoms with E-state index in [1.54, 1.807) is 12.1 Å². The van der Waals surface area contributed by atoms with Gasteiger partial charge in [-0.05, 0) is 49.6 Å². The summed E-state index contributed by atoms with van der Waals surface area (Å²) < 4.78 is 4.67. The number of hydrogen-bond donors (Lipinski definition) is 1. The molecule has 0 spiro atoms. The first-order valence-electron chi connectivity index (χ1n) is 9.35. The van der Waals surface area contributed by atoms with Crippen LogP contribution in [0.3, 0.4) is 0 Å². The Morgan fingerprint density at radius 2 is 1.81 bits per heavy atom. The standard InChI is InChI=1S/C21H26N2O3S/c1-15-5-3-4-12-23(15)14-17-8-6-16(7-9-17)13-22-20(24)18-10-11-19(27-18)21(25)26-2/h6-11,15H,3-5,12-14H2,1-2H3,(H,22,24). The van der Waals surface area contributed by atoms with Gasteiger partial charge in [-0.25, -0.2) is 4.79 Å². The lowest BCUT2D eigenvalue weighted by Crippen LogP contribution is -2.36. The third-order valence-corrected chi connectivity index (χ3v) is 6.08. The Balaban J connectivity index is 1.51. The SMILES string of the molecule is COC(=O)c1ccc(C(=O)NCc2ccc(CN3CCCCC3C)cc2)s1. The fourth-order valence-electron chi connectivity index (χ4n) is 3.33. The molecule has 1 aliphatic rings. The minimum absolute atomic E-state index is 0.179. The zero-order valence-electron chi connectivity index (χ0n) is 15.9. The Labute approximate surface area is 164 Å². The molecular weight excluding hydrogens is 360 g/mol. The number of nitrogens with one attached hydrogen (secondary N) is 1. The van der Waals surface area contributed by atoms with Gasteiger partial charge >= 0.3 is 5.97 Å². The number of rotatable bonds is 6. The normalized spacial score (nSPS) is 17.5. The summed E-state index contributed by atoms with van der Waals surface area (Å²) in [6, 6.07) is 12.3. The van der Waals surface area contributed by atoms with Gasteiger partial charge < -0.3 is 10.1 Å². The fourth-order valence-corrected chi connectivity index (χ4v) is 4.17. The first-order valence-corrected chi connectivity index (χ1v) is 10.2. The minimum atomic E-state index is -0.419. The number of carbonyl (C=O) groups excluding carboxylic acids is 2. The number of piperidine rings is 1. The monoisotopic (exact) mass is 386 g/mol. The number of likely N-dealkylation sites (tertiary alicyclic amines) is 1. The van der Waals surface area contributed by atoms with Crippen LogP contribution in [0.4, 0.5) is 0 Å². The number of benzene rings is 1. The van der Waals surface area contributed by atoms with E-state index in [4.69, 9.17) is 0 Å². The molecule has 0 saturated carbocycles. The maximum Gasteiger partial charge on any atom is 0.348 e. The molecule has 1 aromatic carbocycles. The molecular formula is C21H26N2O3S. The van der Waals surface area contributed by atoms with Crippen molar-refractivity contribution in [3.8, 4) is 0 Å². The minimum Gasteiger partial charge on any atom is -0.465 e. The molecule has 144 valence electrons. The molecule has 3 rings (SSSR count). The van der Waals surface area contributed by atoms with Gasteiger partial charge in [0.15, 0.2) is 0 Å². The number of nitrogens with zero attached hydrogens (tertiary/aromatic N) is 1. The van der Waals surface area contributed by atoms with Crippen molar-refractivity contribution in [3.05, 3.63) is 57.3 Å². The lowest BCUT2D eigenvalue weighted by molar-refractivity contribution is 0.0606. The van der Waals surface area contributed by atoms with Crippen LogP contribution in [-0.2, 0) is 17.8 Å². The molecule has 2 heterocycles. The van der Waals surface area contributed by atoms with Gasteiger partial charge in [0.05, 0.1) is 12.0 Å². The molecule has 5 nitrogen and oxygen atoms in total. The van der Waals surface area contributed by atoms with Crippen LogP contribution in [0, 0.1) is 0 Å². The molecule has 1 saturated heterocycles. The van der Waals surface area contributed by atoms with Crippen LogP contribution >= 0.6 is 11.3 Å². The Hall–Kier alpha value is -2.18. The summed E-state index contributed by atoms with van der Waals surface area (Å²) >= 11 is 1.14. The molecule has 0 aliphatic carbocycles. The quantitative estimate of drug-likeness (QED) is 0.767. The molecule has 1 unspecified atom stereocenters. The summed E-state index contributed by atoms with van der Waals surface area (Å²) in [5.41, 5.74) is 2.36. The van der Waals surface area contributed by atoms with E-state index >= 15 is 0 Å². The lowest BCUT2D eigenvalue weighted by Gasteiger charge is -2.33. The highest BCUT2D eigenvalue weighted by atomic mass is 32.1. The van der Waals surface area contributed by atoms with Crippen molar-refractivity contribution in [2.24, 2.45) is 0 Å². The van der Waals surface area contributed by atoms with Crippen molar-refractivity contribution >= 4 is 23.2 Å². The van der Waals surface area contributed by atoms with E-state index in [0.29, 0.717) is 22.3 Å². The predicted molar refractivity (Wildman–Crippen MR) is 107 cm³/mol. The third kappa shape index (κ3) is 5.17. The van der Waals surface area contributed by atoms with E-state index in [1.165, 1.54) is 38.5 Å². The van der Waals surface area contributed by atoms with E-state index in [9.17, 15) is 9.59 Å². The summed E-state index contributed by atoms with van der Waals surface area (Å²) in [7, 11) is 1.33. The van der Waals surface area contributed by atoms with Gasteiger partial charge in [-0.1, -0.05) is 30.7 Å². The molecule has 1 aromatic heterocycles. The topological polar surface area (TPSA) is 58.6 Å². The second-order valence-electron chi connectivity index (χ2n) is 6.97. The number of carbonyl (C=O) groups is 2. The molecule has 27 heavy (non-hydrogen) atoms. The second kappa shape index (κ2) is 9.15. The van der Waals surface area contributed by atoms with Crippen LogP contribution in [0.25, 0.3) is 0 Å². The Bertz CT molecular complexity index is 785. The molecule has 1 aliphatic heterocycles. The van der Waals surface area contributed by atoms with Gasteiger partial charge in [-0.3, -0.25) is 9.69 Å². The molecule has 1 N–H and O–H groups in total. The van der Waals surface area contributed by atoms with Gasteiger partial charge in [0.25, 0.3) is 5.91 Å². The van der Waals surface area contributed by atoms with Crippen molar-refractivity contribution in [1.29, 1.82) is 0 Å². The first-order chi connectivity index (χ1) is 13.1. The summed E-state index contributed by atoms with van der Waals surface area (Å²) in [5, 5.41) is 2.90. The van der Waals surface area contributed by atoms with Crippen LogP contribution in [-0.4, -0.2) is 36.5 Å². The molecule has 1 atom stereocenters. The number of thiophene rings is 1. The highest BCUT2D eigenvalue weighted by Gasteiger charge is 2.18.